The van der Waals surface area contributed by atoms with E-state index in [-0.39, 0.29) is 24.9 Å². The summed E-state index contributed by atoms with van der Waals surface area (Å²) in [5, 5.41) is 9.51. The quantitative estimate of drug-likeness (QED) is 0.598. The molecule has 1 aromatic rings. The first-order chi connectivity index (χ1) is 9.62. The smallest absolute Gasteiger partial charge is 0.254 e. The van der Waals surface area contributed by atoms with Gasteiger partial charge in [0, 0.05) is 25.9 Å². The molecule has 1 atom stereocenters. The van der Waals surface area contributed by atoms with Crippen molar-refractivity contribution in [1.29, 1.82) is 0 Å². The van der Waals surface area contributed by atoms with E-state index >= 15 is 0 Å². The van der Waals surface area contributed by atoms with Gasteiger partial charge in [0.2, 0.25) is 5.91 Å². The Morgan fingerprint density at radius 2 is 2.35 bits per heavy atom. The average Bonchev–Trinajstić information content (AvgIpc) is 3.11. The molecule has 1 aliphatic rings. The minimum atomic E-state index is -0.698. The number of anilines is 1. The van der Waals surface area contributed by atoms with E-state index in [9.17, 15) is 9.59 Å². The molecule has 0 radical (unpaired) electrons. The van der Waals surface area contributed by atoms with Gasteiger partial charge in [-0.15, -0.1) is 0 Å². The normalized spacial score (nSPS) is 15.7. The van der Waals surface area contributed by atoms with Crippen molar-refractivity contribution in [3.8, 4) is 0 Å². The predicted octanol–water partition coefficient (Wildman–Crippen LogP) is -0.926. The molecule has 1 aliphatic carbocycles. The van der Waals surface area contributed by atoms with Crippen molar-refractivity contribution in [2.24, 2.45) is 5.73 Å². The zero-order valence-corrected chi connectivity index (χ0v) is 11.3. The molecule has 8 nitrogen and oxygen atoms in total. The molecule has 0 saturated heterocycles. The number of hydrogen-bond donors (Lipinski definition) is 3. The maximum atomic E-state index is 11.7. The predicted molar refractivity (Wildman–Crippen MR) is 71.9 cm³/mol. The molecular formula is C12H19N5O3. The zero-order valence-electron chi connectivity index (χ0n) is 11.3. The maximum Gasteiger partial charge on any atom is 0.254 e. The minimum Gasteiger partial charge on any atom is -0.370 e. The zero-order chi connectivity index (χ0) is 14.5. The number of methoxy groups -OCH3 is 1. The summed E-state index contributed by atoms with van der Waals surface area (Å²) >= 11 is 0. The number of amides is 2. The van der Waals surface area contributed by atoms with Crippen LogP contribution in [-0.2, 0) is 20.9 Å². The average molecular weight is 281 g/mol. The number of carbonyl (C=O) groups excluding carboxylic acids is 2. The molecule has 110 valence electrons. The van der Waals surface area contributed by atoms with Crippen LogP contribution in [0.15, 0.2) is 12.4 Å². The van der Waals surface area contributed by atoms with Gasteiger partial charge >= 0.3 is 0 Å². The van der Waals surface area contributed by atoms with E-state index in [1.807, 2.05) is 0 Å². The SMILES string of the molecule is COC(CN)C(=O)Nc1cnn(CC(=O)NC2CC2)c1. The Kier molecular flexibility index (Phi) is 4.70. The van der Waals surface area contributed by atoms with Crippen LogP contribution in [0, 0.1) is 0 Å². The first kappa shape index (κ1) is 14.5. The molecule has 1 saturated carbocycles. The fraction of sp³-hybridized carbons (Fsp3) is 0.583. The number of rotatable bonds is 7. The van der Waals surface area contributed by atoms with Crippen molar-refractivity contribution < 1.29 is 14.3 Å². The van der Waals surface area contributed by atoms with E-state index in [0.717, 1.165) is 12.8 Å². The molecule has 0 bridgehead atoms. The second-order valence-electron chi connectivity index (χ2n) is 4.72. The molecule has 4 N–H and O–H groups in total. The van der Waals surface area contributed by atoms with Gasteiger partial charge in [0.15, 0.2) is 0 Å². The van der Waals surface area contributed by atoms with Gasteiger partial charge in [-0.3, -0.25) is 14.3 Å². The molecule has 0 aromatic carbocycles. The van der Waals surface area contributed by atoms with E-state index in [0.29, 0.717) is 11.7 Å². The van der Waals surface area contributed by atoms with Crippen LogP contribution in [0.4, 0.5) is 5.69 Å². The highest BCUT2D eigenvalue weighted by Crippen LogP contribution is 2.18. The molecule has 20 heavy (non-hydrogen) atoms. The van der Waals surface area contributed by atoms with Crippen molar-refractivity contribution in [1.82, 2.24) is 15.1 Å². The second kappa shape index (κ2) is 6.49. The summed E-state index contributed by atoms with van der Waals surface area (Å²) in [4.78, 5) is 23.3. The van der Waals surface area contributed by atoms with Gasteiger partial charge in [-0.1, -0.05) is 0 Å². The molecular weight excluding hydrogens is 262 g/mol. The lowest BCUT2D eigenvalue weighted by Gasteiger charge is -2.11. The van der Waals surface area contributed by atoms with Crippen molar-refractivity contribution in [3.05, 3.63) is 12.4 Å². The van der Waals surface area contributed by atoms with Gasteiger partial charge in [-0.2, -0.15) is 5.10 Å². The Bertz CT molecular complexity index is 479. The van der Waals surface area contributed by atoms with Gasteiger partial charge in [0.25, 0.3) is 5.91 Å². The molecule has 1 heterocycles. The number of carbonyl (C=O) groups is 2. The highest BCUT2D eigenvalue weighted by Gasteiger charge is 2.23. The van der Waals surface area contributed by atoms with E-state index in [4.69, 9.17) is 10.5 Å². The fourth-order valence-corrected chi connectivity index (χ4v) is 1.70. The molecule has 1 fully saturated rings. The van der Waals surface area contributed by atoms with Gasteiger partial charge in [0.1, 0.15) is 12.6 Å². The number of ether oxygens (including phenoxy) is 1. The summed E-state index contributed by atoms with van der Waals surface area (Å²) in [5.74, 6) is -0.415. The first-order valence-corrected chi connectivity index (χ1v) is 6.48. The lowest BCUT2D eigenvalue weighted by Crippen LogP contribution is -2.35. The molecule has 1 unspecified atom stereocenters. The Labute approximate surface area is 116 Å². The Morgan fingerprint density at radius 1 is 1.60 bits per heavy atom. The van der Waals surface area contributed by atoms with E-state index < -0.39 is 6.10 Å². The standard InChI is InChI=1S/C12H19N5O3/c1-20-10(4-13)12(19)16-9-5-14-17(6-9)7-11(18)15-8-2-3-8/h5-6,8,10H,2-4,7,13H2,1H3,(H,15,18)(H,16,19). The maximum absolute atomic E-state index is 11.7. The number of aromatic nitrogens is 2. The summed E-state index contributed by atoms with van der Waals surface area (Å²) in [7, 11) is 1.42. The highest BCUT2D eigenvalue weighted by molar-refractivity contribution is 5.94. The van der Waals surface area contributed by atoms with Crippen molar-refractivity contribution in [2.45, 2.75) is 31.5 Å². The van der Waals surface area contributed by atoms with Gasteiger partial charge < -0.3 is 21.1 Å². The number of hydrogen-bond acceptors (Lipinski definition) is 5. The third-order valence-corrected chi connectivity index (χ3v) is 2.94. The summed E-state index contributed by atoms with van der Waals surface area (Å²) in [6.45, 7) is 0.233. The van der Waals surface area contributed by atoms with E-state index in [1.54, 1.807) is 6.20 Å². The molecule has 0 spiro atoms. The Morgan fingerprint density at radius 3 is 2.95 bits per heavy atom. The van der Waals surface area contributed by atoms with Crippen LogP contribution in [0.3, 0.4) is 0 Å². The van der Waals surface area contributed by atoms with Crippen molar-refractivity contribution in [2.75, 3.05) is 19.0 Å². The molecule has 8 heteroatoms. The van der Waals surface area contributed by atoms with Crippen molar-refractivity contribution in [3.63, 3.8) is 0 Å². The summed E-state index contributed by atoms with van der Waals surface area (Å²) < 4.78 is 6.40. The van der Waals surface area contributed by atoms with E-state index in [2.05, 4.69) is 15.7 Å². The summed E-state index contributed by atoms with van der Waals surface area (Å²) in [5.41, 5.74) is 5.91. The van der Waals surface area contributed by atoms with Crippen LogP contribution in [0.5, 0.6) is 0 Å². The third kappa shape index (κ3) is 4.04. The largest absolute Gasteiger partial charge is 0.370 e. The van der Waals surface area contributed by atoms with E-state index in [1.165, 1.54) is 18.0 Å². The topological polar surface area (TPSA) is 111 Å². The second-order valence-corrected chi connectivity index (χ2v) is 4.72. The number of nitrogens with zero attached hydrogens (tertiary/aromatic N) is 2. The monoisotopic (exact) mass is 281 g/mol. The summed E-state index contributed by atoms with van der Waals surface area (Å²) in [6, 6.07) is 0.323. The van der Waals surface area contributed by atoms with Gasteiger partial charge in [-0.25, -0.2) is 0 Å². The third-order valence-electron chi connectivity index (χ3n) is 2.94. The fourth-order valence-electron chi connectivity index (χ4n) is 1.70. The minimum absolute atomic E-state index is 0.0785. The number of nitrogens with two attached hydrogens (primary N) is 1. The van der Waals surface area contributed by atoms with Crippen LogP contribution in [0.1, 0.15) is 12.8 Å². The molecule has 2 amide bonds. The first-order valence-electron chi connectivity index (χ1n) is 6.48. The molecule has 0 aliphatic heterocycles. The Balaban J connectivity index is 1.84. The van der Waals surface area contributed by atoms with Crippen LogP contribution in [0.25, 0.3) is 0 Å². The van der Waals surface area contributed by atoms with Crippen LogP contribution >= 0.6 is 0 Å². The lowest BCUT2D eigenvalue weighted by molar-refractivity contribution is -0.125. The number of nitrogens with one attached hydrogen (secondary N) is 2. The molecule has 2 rings (SSSR count). The van der Waals surface area contributed by atoms with Crippen LogP contribution in [-0.4, -0.2) is 47.4 Å². The Hall–Kier alpha value is -1.93. The highest BCUT2D eigenvalue weighted by atomic mass is 16.5. The lowest BCUT2D eigenvalue weighted by atomic mass is 10.3. The molecule has 1 aromatic heterocycles. The summed E-state index contributed by atoms with van der Waals surface area (Å²) in [6.07, 6.45) is 4.46. The van der Waals surface area contributed by atoms with Crippen LogP contribution in [0.2, 0.25) is 0 Å². The van der Waals surface area contributed by atoms with Crippen LogP contribution < -0.4 is 16.4 Å². The van der Waals surface area contributed by atoms with Crippen molar-refractivity contribution >= 4 is 17.5 Å². The van der Waals surface area contributed by atoms with Gasteiger partial charge in [0.05, 0.1) is 11.9 Å². The van der Waals surface area contributed by atoms with Gasteiger partial charge in [-0.05, 0) is 12.8 Å².